The second-order valence-electron chi connectivity index (χ2n) is 5.68. The van der Waals surface area contributed by atoms with Crippen molar-refractivity contribution in [1.82, 2.24) is 15.1 Å². The first kappa shape index (κ1) is 16.0. The molecule has 0 fully saturated rings. The van der Waals surface area contributed by atoms with Gasteiger partial charge in [0, 0.05) is 0 Å². The molecule has 3 heterocycles. The molecule has 0 radical (unpaired) electrons. The lowest BCUT2D eigenvalue weighted by Crippen LogP contribution is -2.29. The molecule has 0 unspecified atom stereocenters. The molecule has 0 atom stereocenters. The van der Waals surface area contributed by atoms with E-state index >= 15 is 0 Å². The van der Waals surface area contributed by atoms with Crippen molar-refractivity contribution in [1.29, 1.82) is 0 Å². The summed E-state index contributed by atoms with van der Waals surface area (Å²) in [5.41, 5.74) is 0.243. The number of likely N-dealkylation sites (N-methyl/N-ethyl adjacent to an activating group) is 1. The molecule has 0 saturated carbocycles. The first-order chi connectivity index (χ1) is 11.5. The van der Waals surface area contributed by atoms with Crippen molar-refractivity contribution < 1.29 is 13.6 Å². The molecule has 0 aliphatic heterocycles. The van der Waals surface area contributed by atoms with Crippen molar-refractivity contribution in [2.24, 2.45) is 0 Å². The van der Waals surface area contributed by atoms with Crippen molar-refractivity contribution >= 4 is 22.6 Å². The third-order valence-electron chi connectivity index (χ3n) is 3.67. The van der Waals surface area contributed by atoms with E-state index in [1.54, 1.807) is 38.1 Å². The summed E-state index contributed by atoms with van der Waals surface area (Å²) < 4.78 is 10.8. The molecule has 2 N–H and O–H groups in total. The third kappa shape index (κ3) is 3.09. The van der Waals surface area contributed by atoms with Gasteiger partial charge in [0.05, 0.1) is 30.4 Å². The van der Waals surface area contributed by atoms with Gasteiger partial charge in [-0.2, -0.15) is 5.10 Å². The summed E-state index contributed by atoms with van der Waals surface area (Å²) >= 11 is 0. The number of carbonyl (C=O) groups excluding carboxylic acids is 1. The molecule has 3 aromatic rings. The quantitative estimate of drug-likeness (QED) is 0.739. The van der Waals surface area contributed by atoms with Crippen molar-refractivity contribution in [3.8, 4) is 0 Å². The summed E-state index contributed by atoms with van der Waals surface area (Å²) in [6, 6.07) is 3.64. The van der Waals surface area contributed by atoms with E-state index in [1.165, 1.54) is 0 Å². The van der Waals surface area contributed by atoms with Crippen molar-refractivity contribution in [2.75, 3.05) is 18.9 Å². The fourth-order valence-corrected chi connectivity index (χ4v) is 2.67. The Morgan fingerprint density at radius 2 is 2.17 bits per heavy atom. The van der Waals surface area contributed by atoms with Gasteiger partial charge in [0.1, 0.15) is 16.9 Å². The van der Waals surface area contributed by atoms with Crippen LogP contribution in [0.1, 0.15) is 17.2 Å². The zero-order valence-electron chi connectivity index (χ0n) is 13.7. The molecule has 3 rings (SSSR count). The summed E-state index contributed by atoms with van der Waals surface area (Å²) in [6.45, 7) is 4.13. The van der Waals surface area contributed by atoms with Gasteiger partial charge in [0.15, 0.2) is 0 Å². The number of fused-ring (bicyclic) bond motifs is 1. The van der Waals surface area contributed by atoms with Crippen LogP contribution in [-0.4, -0.2) is 34.6 Å². The summed E-state index contributed by atoms with van der Waals surface area (Å²) in [5.74, 6) is 1.17. The van der Waals surface area contributed by atoms with Crippen LogP contribution in [-0.2, 0) is 11.3 Å². The summed E-state index contributed by atoms with van der Waals surface area (Å²) in [5, 5.41) is 9.91. The Bertz CT molecular complexity index is 924. The molecule has 0 bridgehead atoms. The van der Waals surface area contributed by atoms with Gasteiger partial charge < -0.3 is 8.83 Å². The fourth-order valence-electron chi connectivity index (χ4n) is 2.67. The Kier molecular flexibility index (Phi) is 4.22. The molecule has 0 saturated heterocycles. The average molecular weight is 330 g/mol. The maximum atomic E-state index is 12.2. The van der Waals surface area contributed by atoms with E-state index in [0.29, 0.717) is 28.8 Å². The van der Waals surface area contributed by atoms with E-state index in [9.17, 15) is 9.59 Å². The van der Waals surface area contributed by atoms with Gasteiger partial charge in [-0.05, 0) is 33.0 Å². The Morgan fingerprint density at radius 1 is 1.38 bits per heavy atom. The number of aryl methyl sites for hydroxylation is 2. The predicted octanol–water partition coefficient (Wildman–Crippen LogP) is 1.80. The van der Waals surface area contributed by atoms with Crippen LogP contribution >= 0.6 is 0 Å². The zero-order chi connectivity index (χ0) is 17.3. The molecule has 0 aliphatic carbocycles. The summed E-state index contributed by atoms with van der Waals surface area (Å²) in [6.07, 6.45) is 1.59. The molecule has 8 heteroatoms. The van der Waals surface area contributed by atoms with E-state index in [4.69, 9.17) is 8.83 Å². The molecule has 0 aliphatic rings. The van der Waals surface area contributed by atoms with Crippen LogP contribution in [0.5, 0.6) is 0 Å². The van der Waals surface area contributed by atoms with Crippen molar-refractivity contribution in [2.45, 2.75) is 20.4 Å². The molecular formula is C16H18N4O4. The number of amides is 1. The van der Waals surface area contributed by atoms with Crippen LogP contribution in [0, 0.1) is 13.8 Å². The number of furan rings is 2. The molecule has 126 valence electrons. The molecular weight excluding hydrogens is 312 g/mol. The van der Waals surface area contributed by atoms with E-state index in [2.05, 4.69) is 15.5 Å². The van der Waals surface area contributed by atoms with Gasteiger partial charge >= 0.3 is 0 Å². The van der Waals surface area contributed by atoms with Crippen LogP contribution in [0.4, 0.5) is 5.88 Å². The number of rotatable bonds is 5. The SMILES string of the molecule is Cc1n[nH]c(=O)c2c(NC(=O)CN(C)Cc3ccco3)oc(C)c12. The number of nitrogens with zero attached hydrogens (tertiary/aromatic N) is 2. The number of nitrogens with one attached hydrogen (secondary N) is 2. The highest BCUT2D eigenvalue weighted by Crippen LogP contribution is 2.28. The minimum Gasteiger partial charge on any atom is -0.468 e. The number of hydrogen-bond donors (Lipinski definition) is 2. The molecule has 1 amide bonds. The molecule has 0 aromatic carbocycles. The van der Waals surface area contributed by atoms with Crippen LogP contribution in [0.2, 0.25) is 0 Å². The largest absolute Gasteiger partial charge is 0.468 e. The van der Waals surface area contributed by atoms with Crippen molar-refractivity contribution in [3.05, 3.63) is 46.0 Å². The van der Waals surface area contributed by atoms with Gasteiger partial charge in [-0.1, -0.05) is 0 Å². The van der Waals surface area contributed by atoms with Gasteiger partial charge in [0.25, 0.3) is 5.56 Å². The highest BCUT2D eigenvalue weighted by molar-refractivity contribution is 6.01. The smallest absolute Gasteiger partial charge is 0.277 e. The van der Waals surface area contributed by atoms with Gasteiger partial charge in [0.2, 0.25) is 11.8 Å². The maximum absolute atomic E-state index is 12.2. The Hall–Kier alpha value is -2.87. The first-order valence-corrected chi connectivity index (χ1v) is 7.45. The molecule has 0 spiro atoms. The molecule has 8 nitrogen and oxygen atoms in total. The number of anilines is 1. The van der Waals surface area contributed by atoms with Gasteiger partial charge in [-0.25, -0.2) is 5.10 Å². The normalized spacial score (nSPS) is 11.3. The lowest BCUT2D eigenvalue weighted by atomic mass is 10.2. The lowest BCUT2D eigenvalue weighted by Gasteiger charge is -2.14. The summed E-state index contributed by atoms with van der Waals surface area (Å²) in [4.78, 5) is 26.1. The highest BCUT2D eigenvalue weighted by Gasteiger charge is 2.19. The number of aromatic nitrogens is 2. The molecule has 3 aromatic heterocycles. The second kappa shape index (κ2) is 6.32. The van der Waals surface area contributed by atoms with E-state index in [1.807, 2.05) is 6.07 Å². The third-order valence-corrected chi connectivity index (χ3v) is 3.67. The highest BCUT2D eigenvalue weighted by atomic mass is 16.4. The van der Waals surface area contributed by atoms with Crippen LogP contribution in [0.3, 0.4) is 0 Å². The predicted molar refractivity (Wildman–Crippen MR) is 87.8 cm³/mol. The minimum absolute atomic E-state index is 0.129. The van der Waals surface area contributed by atoms with Crippen molar-refractivity contribution in [3.63, 3.8) is 0 Å². The van der Waals surface area contributed by atoms with Gasteiger partial charge in [-0.3, -0.25) is 19.8 Å². The topological polar surface area (TPSA) is 104 Å². The second-order valence-corrected chi connectivity index (χ2v) is 5.68. The van der Waals surface area contributed by atoms with Gasteiger partial charge in [-0.15, -0.1) is 0 Å². The molecule has 24 heavy (non-hydrogen) atoms. The Morgan fingerprint density at radius 3 is 2.88 bits per heavy atom. The number of aromatic amines is 1. The van der Waals surface area contributed by atoms with E-state index in [0.717, 1.165) is 5.76 Å². The zero-order valence-corrected chi connectivity index (χ0v) is 13.7. The average Bonchev–Trinajstić information content (AvgIpc) is 3.11. The number of carbonyl (C=O) groups is 1. The Labute approximate surface area is 137 Å². The number of H-pyrrole nitrogens is 1. The van der Waals surface area contributed by atoms with E-state index in [-0.39, 0.29) is 18.3 Å². The standard InChI is InChI=1S/C16H18N4O4/c1-9-13-10(2)24-16(14(13)15(22)19-18-9)17-12(21)8-20(3)7-11-5-4-6-23-11/h4-6H,7-8H2,1-3H3,(H,17,21)(H,19,22). The van der Waals surface area contributed by atoms with E-state index < -0.39 is 5.56 Å². The fraction of sp³-hybridized carbons (Fsp3) is 0.312. The lowest BCUT2D eigenvalue weighted by molar-refractivity contribution is -0.117. The maximum Gasteiger partial charge on any atom is 0.277 e. The summed E-state index contributed by atoms with van der Waals surface area (Å²) in [7, 11) is 1.80. The monoisotopic (exact) mass is 330 g/mol. The van der Waals surface area contributed by atoms with Crippen LogP contribution < -0.4 is 10.9 Å². The van der Waals surface area contributed by atoms with Crippen LogP contribution in [0.25, 0.3) is 10.8 Å². The minimum atomic E-state index is -0.397. The number of hydrogen-bond acceptors (Lipinski definition) is 6. The first-order valence-electron chi connectivity index (χ1n) is 7.45. The van der Waals surface area contributed by atoms with Crippen LogP contribution in [0.15, 0.2) is 32.0 Å². The Balaban J connectivity index is 1.76.